The van der Waals surface area contributed by atoms with Gasteiger partial charge in [-0.1, -0.05) is 12.8 Å². The Bertz CT molecular complexity index is 779. The minimum Gasteiger partial charge on any atom is -0.452 e. The summed E-state index contributed by atoms with van der Waals surface area (Å²) in [6.45, 7) is 2.63. The van der Waals surface area contributed by atoms with E-state index in [1.54, 1.807) is 12.1 Å². The average Bonchev–Trinajstić information content (AvgIpc) is 3.36. The lowest BCUT2D eigenvalue weighted by Gasteiger charge is -2.17. The van der Waals surface area contributed by atoms with Crippen LogP contribution in [0, 0.1) is 5.92 Å². The Balaban J connectivity index is 1.57. The minimum absolute atomic E-state index is 0.102. The van der Waals surface area contributed by atoms with Crippen molar-refractivity contribution in [1.29, 1.82) is 0 Å². The molecule has 1 aliphatic carbocycles. The molecule has 148 valence electrons. The summed E-state index contributed by atoms with van der Waals surface area (Å²) in [6, 6.07) is 6.07. The number of hydrogen-bond acceptors (Lipinski definition) is 5. The van der Waals surface area contributed by atoms with Gasteiger partial charge in [0.2, 0.25) is 10.0 Å². The molecule has 1 saturated carbocycles. The third-order valence-corrected chi connectivity index (χ3v) is 7.09. The quantitative estimate of drug-likeness (QED) is 0.749. The number of nitrogens with zero attached hydrogens (tertiary/aromatic N) is 1. The van der Waals surface area contributed by atoms with Gasteiger partial charge in [-0.2, -0.15) is 4.31 Å². The molecule has 2 fully saturated rings. The van der Waals surface area contributed by atoms with E-state index in [-0.39, 0.29) is 16.8 Å². The molecule has 1 saturated heterocycles. The largest absolute Gasteiger partial charge is 0.452 e. The van der Waals surface area contributed by atoms with E-state index in [0.717, 1.165) is 38.5 Å². The first-order chi connectivity index (χ1) is 12.9. The summed E-state index contributed by atoms with van der Waals surface area (Å²) in [7, 11) is -3.47. The Kier molecular flexibility index (Phi) is 6.16. The van der Waals surface area contributed by atoms with Gasteiger partial charge in [-0.3, -0.25) is 9.59 Å². The van der Waals surface area contributed by atoms with Crippen LogP contribution in [0.4, 0.5) is 5.69 Å². The molecule has 1 amide bonds. The van der Waals surface area contributed by atoms with Crippen LogP contribution >= 0.6 is 0 Å². The number of carbonyl (C=O) groups is 2. The summed E-state index contributed by atoms with van der Waals surface area (Å²) in [6.07, 6.45) is 4.54. The Labute approximate surface area is 160 Å². The predicted molar refractivity (Wildman–Crippen MR) is 101 cm³/mol. The lowest BCUT2D eigenvalue weighted by Crippen LogP contribution is -2.32. The van der Waals surface area contributed by atoms with Crippen LogP contribution in [-0.2, 0) is 24.3 Å². The Morgan fingerprint density at radius 3 is 2.26 bits per heavy atom. The number of rotatable bonds is 6. The summed E-state index contributed by atoms with van der Waals surface area (Å²) in [5.41, 5.74) is 0.462. The number of ether oxygens (including phenoxy) is 1. The maximum Gasteiger partial charge on any atom is 0.309 e. The van der Waals surface area contributed by atoms with E-state index in [1.807, 2.05) is 0 Å². The summed E-state index contributed by atoms with van der Waals surface area (Å²) < 4.78 is 31.7. The van der Waals surface area contributed by atoms with Crippen LogP contribution in [-0.4, -0.2) is 43.8 Å². The molecule has 0 unspecified atom stereocenters. The molecule has 1 aliphatic heterocycles. The molecule has 1 N–H and O–H groups in total. The van der Waals surface area contributed by atoms with Crippen molar-refractivity contribution in [3.63, 3.8) is 0 Å². The highest BCUT2D eigenvalue weighted by Gasteiger charge is 2.28. The van der Waals surface area contributed by atoms with Crippen LogP contribution in [0.2, 0.25) is 0 Å². The second-order valence-electron chi connectivity index (χ2n) is 7.19. The van der Waals surface area contributed by atoms with E-state index in [2.05, 4.69) is 5.32 Å². The highest BCUT2D eigenvalue weighted by Crippen LogP contribution is 2.26. The summed E-state index contributed by atoms with van der Waals surface area (Å²) >= 11 is 0. The number of sulfonamides is 1. The van der Waals surface area contributed by atoms with Gasteiger partial charge in [0.05, 0.1) is 10.8 Å². The molecule has 8 heteroatoms. The molecular weight excluding hydrogens is 368 g/mol. The van der Waals surface area contributed by atoms with Gasteiger partial charge < -0.3 is 10.1 Å². The second-order valence-corrected chi connectivity index (χ2v) is 9.12. The molecule has 1 atom stereocenters. The van der Waals surface area contributed by atoms with Crippen LogP contribution in [0.5, 0.6) is 0 Å². The number of hydrogen-bond donors (Lipinski definition) is 1. The monoisotopic (exact) mass is 394 g/mol. The number of nitrogens with one attached hydrogen (secondary N) is 1. The molecule has 0 spiro atoms. The van der Waals surface area contributed by atoms with Crippen molar-refractivity contribution in [3.05, 3.63) is 24.3 Å². The van der Waals surface area contributed by atoms with E-state index in [1.165, 1.54) is 23.4 Å². The minimum atomic E-state index is -3.47. The number of benzene rings is 1. The van der Waals surface area contributed by atoms with Gasteiger partial charge in [0.1, 0.15) is 0 Å². The first-order valence-corrected chi connectivity index (χ1v) is 10.9. The zero-order valence-electron chi connectivity index (χ0n) is 15.5. The Hall–Kier alpha value is -1.93. The topological polar surface area (TPSA) is 92.8 Å². The van der Waals surface area contributed by atoms with Gasteiger partial charge in [-0.05, 0) is 56.9 Å². The van der Waals surface area contributed by atoms with Gasteiger partial charge >= 0.3 is 5.97 Å². The molecule has 0 aromatic heterocycles. The third-order valence-electron chi connectivity index (χ3n) is 5.18. The maximum atomic E-state index is 12.5. The smallest absolute Gasteiger partial charge is 0.309 e. The predicted octanol–water partition coefficient (Wildman–Crippen LogP) is 2.53. The van der Waals surface area contributed by atoms with Crippen molar-refractivity contribution in [2.24, 2.45) is 5.92 Å². The maximum absolute atomic E-state index is 12.5. The SMILES string of the molecule is C[C@@H](OC(=O)C1CCCC1)C(=O)Nc1ccc(S(=O)(=O)N2CCCC2)cc1. The van der Waals surface area contributed by atoms with Crippen molar-refractivity contribution in [2.45, 2.75) is 56.4 Å². The Morgan fingerprint density at radius 1 is 1.07 bits per heavy atom. The zero-order valence-corrected chi connectivity index (χ0v) is 16.3. The van der Waals surface area contributed by atoms with Crippen molar-refractivity contribution in [3.8, 4) is 0 Å². The van der Waals surface area contributed by atoms with Crippen molar-refractivity contribution in [2.75, 3.05) is 18.4 Å². The number of anilines is 1. The zero-order chi connectivity index (χ0) is 19.4. The highest BCUT2D eigenvalue weighted by atomic mass is 32.2. The standard InChI is InChI=1S/C19H26N2O5S/c1-14(26-19(23)15-6-2-3-7-15)18(22)20-16-8-10-17(11-9-16)27(24,25)21-12-4-5-13-21/h8-11,14-15H,2-7,12-13H2,1H3,(H,20,22)/t14-/m1/s1. The van der Waals surface area contributed by atoms with Crippen molar-refractivity contribution < 1.29 is 22.7 Å². The lowest BCUT2D eigenvalue weighted by molar-refractivity contribution is -0.157. The summed E-state index contributed by atoms with van der Waals surface area (Å²) in [5, 5.41) is 2.66. The van der Waals surface area contributed by atoms with Gasteiger partial charge in [-0.25, -0.2) is 8.42 Å². The molecule has 1 aromatic carbocycles. The van der Waals surface area contributed by atoms with Gasteiger partial charge in [-0.15, -0.1) is 0 Å². The van der Waals surface area contributed by atoms with E-state index in [0.29, 0.717) is 18.8 Å². The number of amides is 1. The van der Waals surface area contributed by atoms with Gasteiger partial charge in [0.25, 0.3) is 5.91 Å². The average molecular weight is 394 g/mol. The molecule has 0 radical (unpaired) electrons. The van der Waals surface area contributed by atoms with E-state index >= 15 is 0 Å². The first-order valence-electron chi connectivity index (χ1n) is 9.49. The van der Waals surface area contributed by atoms with Crippen LogP contribution in [0.25, 0.3) is 0 Å². The second kappa shape index (κ2) is 8.39. The fourth-order valence-electron chi connectivity index (χ4n) is 3.52. The van der Waals surface area contributed by atoms with Crippen molar-refractivity contribution >= 4 is 27.6 Å². The van der Waals surface area contributed by atoms with Gasteiger partial charge in [0, 0.05) is 18.8 Å². The van der Waals surface area contributed by atoms with E-state index in [4.69, 9.17) is 4.74 Å². The van der Waals surface area contributed by atoms with E-state index in [9.17, 15) is 18.0 Å². The van der Waals surface area contributed by atoms with Crippen LogP contribution in [0.1, 0.15) is 45.4 Å². The molecule has 1 heterocycles. The molecule has 7 nitrogen and oxygen atoms in total. The normalized spacial score (nSPS) is 19.7. The molecule has 1 aromatic rings. The molecular formula is C19H26N2O5S. The molecule has 2 aliphatic rings. The van der Waals surface area contributed by atoms with E-state index < -0.39 is 22.0 Å². The van der Waals surface area contributed by atoms with Crippen LogP contribution in [0.3, 0.4) is 0 Å². The number of esters is 1. The highest BCUT2D eigenvalue weighted by molar-refractivity contribution is 7.89. The van der Waals surface area contributed by atoms with Crippen molar-refractivity contribution in [1.82, 2.24) is 4.31 Å². The third kappa shape index (κ3) is 4.68. The van der Waals surface area contributed by atoms with Crippen LogP contribution < -0.4 is 5.32 Å². The molecule has 27 heavy (non-hydrogen) atoms. The number of carbonyl (C=O) groups excluding carboxylic acids is 2. The molecule has 3 rings (SSSR count). The lowest BCUT2D eigenvalue weighted by atomic mass is 10.1. The first kappa shape index (κ1) is 19.8. The Morgan fingerprint density at radius 2 is 1.67 bits per heavy atom. The fraction of sp³-hybridized carbons (Fsp3) is 0.579. The summed E-state index contributed by atoms with van der Waals surface area (Å²) in [5.74, 6) is -0.853. The fourth-order valence-corrected chi connectivity index (χ4v) is 5.03. The molecule has 0 bridgehead atoms. The summed E-state index contributed by atoms with van der Waals surface area (Å²) in [4.78, 5) is 24.5. The van der Waals surface area contributed by atoms with Crippen LogP contribution in [0.15, 0.2) is 29.2 Å². The van der Waals surface area contributed by atoms with Gasteiger partial charge in [0.15, 0.2) is 6.10 Å².